The van der Waals surface area contributed by atoms with E-state index in [1.54, 1.807) is 0 Å². The van der Waals surface area contributed by atoms with Gasteiger partial charge >= 0.3 is 0 Å². The molecular weight excluding hydrogens is 268 g/mol. The van der Waals surface area contributed by atoms with E-state index in [1.165, 1.54) is 10.4 Å². The lowest BCUT2D eigenvalue weighted by Gasteiger charge is -2.41. The zero-order chi connectivity index (χ0) is 14.0. The van der Waals surface area contributed by atoms with E-state index >= 15 is 0 Å². The first-order valence-corrected chi connectivity index (χ1v) is 8.68. The highest BCUT2D eigenvalue weighted by Gasteiger charge is 2.41. The summed E-state index contributed by atoms with van der Waals surface area (Å²) in [4.78, 5) is 16.7. The number of rotatable bonds is 3. The van der Waals surface area contributed by atoms with Gasteiger partial charge in [-0.15, -0.1) is 11.3 Å². The molecule has 110 valence electrons. The van der Waals surface area contributed by atoms with Crippen LogP contribution in [0.2, 0.25) is 0 Å². The van der Waals surface area contributed by atoms with Crippen LogP contribution in [0.15, 0.2) is 11.4 Å². The fourth-order valence-corrected chi connectivity index (χ4v) is 4.60. The lowest BCUT2D eigenvalue weighted by atomic mass is 9.75. The first kappa shape index (κ1) is 14.1. The number of piperidine rings is 1. The summed E-state index contributed by atoms with van der Waals surface area (Å²) in [7, 11) is 0. The second kappa shape index (κ2) is 5.86. The number of nitrogens with one attached hydrogen (secondary N) is 1. The third-order valence-corrected chi connectivity index (χ3v) is 5.77. The van der Waals surface area contributed by atoms with Crippen LogP contribution in [0, 0.1) is 5.41 Å². The molecule has 0 spiro atoms. The molecule has 2 aliphatic rings. The van der Waals surface area contributed by atoms with Crippen LogP contribution in [-0.2, 0) is 17.8 Å². The number of hydrogen-bond donors (Lipinski definition) is 1. The van der Waals surface area contributed by atoms with Crippen molar-refractivity contribution < 1.29 is 4.79 Å². The van der Waals surface area contributed by atoms with Crippen molar-refractivity contribution >= 4 is 17.2 Å². The highest BCUT2D eigenvalue weighted by molar-refractivity contribution is 7.10. The molecule has 1 aromatic heterocycles. The van der Waals surface area contributed by atoms with Crippen LogP contribution in [0.3, 0.4) is 0 Å². The summed E-state index contributed by atoms with van der Waals surface area (Å²) < 4.78 is 0. The molecule has 1 aromatic rings. The van der Waals surface area contributed by atoms with E-state index in [0.717, 1.165) is 58.3 Å². The Labute approximate surface area is 125 Å². The van der Waals surface area contributed by atoms with Crippen molar-refractivity contribution in [3.05, 3.63) is 21.9 Å². The van der Waals surface area contributed by atoms with Gasteiger partial charge in [-0.25, -0.2) is 0 Å². The average Bonchev–Trinajstić information content (AvgIpc) is 2.95. The van der Waals surface area contributed by atoms with Gasteiger partial charge in [-0.05, 0) is 49.2 Å². The molecule has 1 atom stereocenters. The monoisotopic (exact) mass is 292 g/mol. The van der Waals surface area contributed by atoms with E-state index in [9.17, 15) is 4.79 Å². The molecule has 0 radical (unpaired) electrons. The fraction of sp³-hybridized carbons (Fsp3) is 0.688. The molecule has 1 unspecified atom stereocenters. The van der Waals surface area contributed by atoms with Crippen molar-refractivity contribution in [2.45, 2.75) is 45.6 Å². The zero-order valence-corrected chi connectivity index (χ0v) is 13.1. The summed E-state index contributed by atoms with van der Waals surface area (Å²) in [6.07, 6.45) is 5.33. The summed E-state index contributed by atoms with van der Waals surface area (Å²) >= 11 is 1.83. The van der Waals surface area contributed by atoms with Crippen LogP contribution in [0.5, 0.6) is 0 Å². The van der Waals surface area contributed by atoms with E-state index in [-0.39, 0.29) is 5.41 Å². The Morgan fingerprint density at radius 3 is 3.20 bits per heavy atom. The number of carbonyl (C=O) groups excluding carboxylic acids is 1. The van der Waals surface area contributed by atoms with Crippen LogP contribution in [-0.4, -0.2) is 30.4 Å². The van der Waals surface area contributed by atoms with Gasteiger partial charge in [0.15, 0.2) is 0 Å². The van der Waals surface area contributed by atoms with E-state index < -0.39 is 0 Å². The first-order valence-electron chi connectivity index (χ1n) is 7.80. The van der Waals surface area contributed by atoms with Crippen LogP contribution in [0.4, 0.5) is 0 Å². The Hall–Kier alpha value is -0.870. The standard InChI is InChI=1S/C16H24N2OS/c1-2-6-16(7-3-8-17-12-16)15(19)18-9-4-14-13(11-18)5-10-20-14/h5,10,17H,2-4,6-9,11-12H2,1H3. The highest BCUT2D eigenvalue weighted by atomic mass is 32.1. The quantitative estimate of drug-likeness (QED) is 0.929. The molecule has 0 aromatic carbocycles. The molecule has 1 amide bonds. The average molecular weight is 292 g/mol. The van der Waals surface area contributed by atoms with Gasteiger partial charge in [0.25, 0.3) is 0 Å². The Morgan fingerprint density at radius 2 is 2.45 bits per heavy atom. The van der Waals surface area contributed by atoms with Crippen LogP contribution in [0.1, 0.15) is 43.0 Å². The van der Waals surface area contributed by atoms with Gasteiger partial charge in [0.05, 0.1) is 5.41 Å². The van der Waals surface area contributed by atoms with E-state index in [2.05, 4.69) is 28.6 Å². The lowest BCUT2D eigenvalue weighted by molar-refractivity contribution is -0.144. The molecule has 2 aliphatic heterocycles. The van der Waals surface area contributed by atoms with E-state index in [4.69, 9.17) is 0 Å². The van der Waals surface area contributed by atoms with Crippen LogP contribution >= 0.6 is 11.3 Å². The molecule has 1 saturated heterocycles. The van der Waals surface area contributed by atoms with Crippen molar-refractivity contribution in [1.29, 1.82) is 0 Å². The van der Waals surface area contributed by atoms with Gasteiger partial charge in [-0.2, -0.15) is 0 Å². The summed E-state index contributed by atoms with van der Waals surface area (Å²) in [6.45, 7) is 5.85. The summed E-state index contributed by atoms with van der Waals surface area (Å²) in [5.41, 5.74) is 1.23. The second-order valence-corrected chi connectivity index (χ2v) is 7.16. The Kier molecular flexibility index (Phi) is 4.13. The number of amides is 1. The summed E-state index contributed by atoms with van der Waals surface area (Å²) in [6, 6.07) is 2.19. The molecule has 3 rings (SSSR count). The first-order chi connectivity index (χ1) is 9.75. The van der Waals surface area contributed by atoms with Gasteiger partial charge in [-0.3, -0.25) is 4.79 Å². The van der Waals surface area contributed by atoms with Crippen molar-refractivity contribution in [1.82, 2.24) is 10.2 Å². The van der Waals surface area contributed by atoms with E-state index in [0.29, 0.717) is 5.91 Å². The molecule has 0 saturated carbocycles. The molecule has 3 heterocycles. The van der Waals surface area contributed by atoms with Crippen molar-refractivity contribution in [2.75, 3.05) is 19.6 Å². The van der Waals surface area contributed by atoms with Gasteiger partial charge in [-0.1, -0.05) is 13.3 Å². The molecule has 20 heavy (non-hydrogen) atoms. The lowest BCUT2D eigenvalue weighted by Crippen LogP contribution is -2.52. The fourth-order valence-electron chi connectivity index (χ4n) is 3.71. The third-order valence-electron chi connectivity index (χ3n) is 4.75. The van der Waals surface area contributed by atoms with Gasteiger partial charge in [0, 0.05) is 24.5 Å². The van der Waals surface area contributed by atoms with Crippen LogP contribution in [0.25, 0.3) is 0 Å². The Morgan fingerprint density at radius 1 is 1.55 bits per heavy atom. The number of fused-ring (bicyclic) bond motifs is 1. The largest absolute Gasteiger partial charge is 0.337 e. The highest BCUT2D eigenvalue weighted by Crippen LogP contribution is 2.36. The van der Waals surface area contributed by atoms with Gasteiger partial charge in [0.1, 0.15) is 0 Å². The predicted molar refractivity (Wildman–Crippen MR) is 82.9 cm³/mol. The molecule has 4 heteroatoms. The third kappa shape index (κ3) is 2.51. The Balaban J connectivity index is 1.77. The predicted octanol–water partition coefficient (Wildman–Crippen LogP) is 2.80. The summed E-state index contributed by atoms with van der Waals surface area (Å²) in [5, 5.41) is 5.60. The minimum atomic E-state index is -0.138. The topological polar surface area (TPSA) is 32.3 Å². The van der Waals surface area contributed by atoms with Crippen molar-refractivity contribution in [3.63, 3.8) is 0 Å². The molecule has 1 fully saturated rings. The minimum absolute atomic E-state index is 0.138. The van der Waals surface area contributed by atoms with Crippen molar-refractivity contribution in [2.24, 2.45) is 5.41 Å². The maximum atomic E-state index is 13.1. The number of thiophene rings is 1. The maximum absolute atomic E-state index is 13.1. The van der Waals surface area contributed by atoms with Gasteiger partial charge < -0.3 is 10.2 Å². The van der Waals surface area contributed by atoms with Gasteiger partial charge in [0.2, 0.25) is 5.91 Å². The maximum Gasteiger partial charge on any atom is 0.230 e. The minimum Gasteiger partial charge on any atom is -0.337 e. The molecule has 1 N–H and O–H groups in total. The van der Waals surface area contributed by atoms with E-state index in [1.807, 2.05) is 11.3 Å². The van der Waals surface area contributed by atoms with Crippen LogP contribution < -0.4 is 5.32 Å². The molecule has 0 bridgehead atoms. The molecule has 0 aliphatic carbocycles. The number of carbonyl (C=O) groups is 1. The molecule has 3 nitrogen and oxygen atoms in total. The normalized spacial score (nSPS) is 26.4. The number of hydrogen-bond acceptors (Lipinski definition) is 3. The number of nitrogens with zero attached hydrogens (tertiary/aromatic N) is 1. The summed E-state index contributed by atoms with van der Waals surface area (Å²) in [5.74, 6) is 0.392. The Bertz CT molecular complexity index is 471. The SMILES string of the molecule is CCCC1(C(=O)N2CCc3sccc3C2)CCCNC1. The second-order valence-electron chi connectivity index (χ2n) is 6.16. The smallest absolute Gasteiger partial charge is 0.230 e. The van der Waals surface area contributed by atoms with Crippen molar-refractivity contribution in [3.8, 4) is 0 Å². The zero-order valence-electron chi connectivity index (χ0n) is 12.3. The molecular formula is C16H24N2OS.